The van der Waals surface area contributed by atoms with Gasteiger partial charge in [-0.25, -0.2) is 29.0 Å². The molecule has 0 amide bonds. The fraction of sp³-hybridized carbons (Fsp3) is 0.375. The molecule has 422 valence electrons. The molecule has 0 saturated heterocycles. The summed E-state index contributed by atoms with van der Waals surface area (Å²) in [6.07, 6.45) is 16.6. The summed E-state index contributed by atoms with van der Waals surface area (Å²) in [5.41, 5.74) is 3.85. The minimum atomic E-state index is -0.509. The predicted octanol–water partition coefficient (Wildman–Crippen LogP) is 13.8. The van der Waals surface area contributed by atoms with Crippen molar-refractivity contribution in [3.63, 3.8) is 0 Å². The van der Waals surface area contributed by atoms with Crippen LogP contribution in [0, 0.1) is 12.8 Å². The molecule has 1 aliphatic rings. The summed E-state index contributed by atoms with van der Waals surface area (Å²) in [7, 11) is 0. The Morgan fingerprint density at radius 3 is 1.56 bits per heavy atom. The summed E-state index contributed by atoms with van der Waals surface area (Å²) in [5.74, 6) is 3.29. The number of carbonyl (C=O) groups excluding carboxylic acids is 4. The van der Waals surface area contributed by atoms with Crippen molar-refractivity contribution in [2.75, 3.05) is 46.2 Å². The zero-order valence-electron chi connectivity index (χ0n) is 45.7. The third-order valence-corrected chi connectivity index (χ3v) is 12.5. The molecule has 15 heteroatoms. The molecule has 0 aromatic heterocycles. The van der Waals surface area contributed by atoms with Crippen LogP contribution < -0.4 is 28.6 Å². The zero-order valence-corrected chi connectivity index (χ0v) is 45.7. The molecule has 0 radical (unpaired) electrons. The van der Waals surface area contributed by atoms with Crippen LogP contribution in [0.2, 0.25) is 0 Å². The quantitative estimate of drug-likeness (QED) is 0.00724. The molecular formula is C64H76O15. The van der Waals surface area contributed by atoms with Gasteiger partial charge in [0.2, 0.25) is 0 Å². The van der Waals surface area contributed by atoms with Gasteiger partial charge in [-0.15, -0.1) is 6.58 Å². The molecule has 0 spiro atoms. The van der Waals surface area contributed by atoms with Crippen molar-refractivity contribution in [3.8, 4) is 34.5 Å². The molecule has 0 N–H and O–H groups in total. The minimum Gasteiger partial charge on any atom is -0.494 e. The average molecular weight is 1090 g/mol. The van der Waals surface area contributed by atoms with Gasteiger partial charge in [-0.3, -0.25) is 0 Å². The molecule has 0 unspecified atom stereocenters. The second-order valence-electron chi connectivity index (χ2n) is 18.6. The van der Waals surface area contributed by atoms with Crippen molar-refractivity contribution in [2.45, 2.75) is 103 Å². The smallest absolute Gasteiger partial charge is 0.343 e. The number of unbranched alkanes of at least 4 members (excludes halogenated alkanes) is 3. The average Bonchev–Trinajstić information content (AvgIpc) is 3.47. The van der Waals surface area contributed by atoms with E-state index in [1.165, 1.54) is 50.2 Å². The van der Waals surface area contributed by atoms with Crippen LogP contribution in [0.4, 0.5) is 0 Å². The van der Waals surface area contributed by atoms with Gasteiger partial charge >= 0.3 is 23.9 Å². The van der Waals surface area contributed by atoms with Gasteiger partial charge < -0.3 is 38.0 Å². The van der Waals surface area contributed by atoms with Gasteiger partial charge in [-0.1, -0.05) is 63.3 Å². The lowest BCUT2D eigenvalue weighted by molar-refractivity contribution is -0.287. The van der Waals surface area contributed by atoms with Gasteiger partial charge in [0.05, 0.1) is 50.8 Å². The van der Waals surface area contributed by atoms with Crippen LogP contribution >= 0.6 is 0 Å². The molecule has 1 fully saturated rings. The Balaban J connectivity index is 0.000000295. The molecule has 79 heavy (non-hydrogen) atoms. The molecule has 5 aromatic rings. The minimum absolute atomic E-state index is 0.230. The molecule has 0 aliphatic heterocycles. The largest absolute Gasteiger partial charge is 0.494 e. The summed E-state index contributed by atoms with van der Waals surface area (Å²) < 4.78 is 38.0. The van der Waals surface area contributed by atoms with Crippen LogP contribution in [0.5, 0.6) is 34.5 Å². The third kappa shape index (κ3) is 24.2. The lowest BCUT2D eigenvalue weighted by Gasteiger charge is -2.28. The summed E-state index contributed by atoms with van der Waals surface area (Å²) in [6, 6.07) is 34.1. The molecule has 0 atom stereocenters. The van der Waals surface area contributed by atoms with E-state index >= 15 is 0 Å². The van der Waals surface area contributed by atoms with Gasteiger partial charge in [-0.2, -0.15) is 4.89 Å². The first kappa shape index (κ1) is 62.1. The molecule has 5 aromatic carbocycles. The van der Waals surface area contributed by atoms with Crippen LogP contribution in [-0.2, 0) is 40.3 Å². The Morgan fingerprint density at radius 1 is 0.519 bits per heavy atom. The second kappa shape index (κ2) is 36.4. The van der Waals surface area contributed by atoms with Crippen LogP contribution in [0.25, 0.3) is 0 Å². The molecule has 1 saturated carbocycles. The van der Waals surface area contributed by atoms with Crippen molar-refractivity contribution in [3.05, 3.63) is 181 Å². The van der Waals surface area contributed by atoms with Gasteiger partial charge in [0.25, 0.3) is 0 Å². The Labute approximate surface area is 465 Å². The molecule has 0 bridgehead atoms. The van der Waals surface area contributed by atoms with E-state index < -0.39 is 11.9 Å². The lowest BCUT2D eigenvalue weighted by atomic mass is 9.77. The topological polar surface area (TPSA) is 170 Å². The maximum Gasteiger partial charge on any atom is 0.343 e. The Morgan fingerprint density at radius 2 is 1.01 bits per heavy atom. The monoisotopic (exact) mass is 1080 g/mol. The van der Waals surface area contributed by atoms with Gasteiger partial charge in [-0.05, 0) is 178 Å². The number of hydrogen-bond donors (Lipinski definition) is 0. The number of benzene rings is 5. The molecule has 6 rings (SSSR count). The van der Waals surface area contributed by atoms with E-state index in [0.29, 0.717) is 92.5 Å². The van der Waals surface area contributed by atoms with E-state index in [0.717, 1.165) is 60.3 Å². The van der Waals surface area contributed by atoms with E-state index in [4.69, 9.17) is 52.7 Å². The molecule has 0 heterocycles. The van der Waals surface area contributed by atoms with Crippen LogP contribution in [0.3, 0.4) is 0 Å². The number of carbonyl (C=O) groups is 4. The third-order valence-electron chi connectivity index (χ3n) is 12.5. The molecule has 1 aliphatic carbocycles. The Hall–Kier alpha value is -7.72. The zero-order chi connectivity index (χ0) is 56.3. The number of aryl methyl sites for hydroxylation is 1. The van der Waals surface area contributed by atoms with Crippen molar-refractivity contribution < 1.29 is 71.9 Å². The highest BCUT2D eigenvalue weighted by Gasteiger charge is 2.22. The van der Waals surface area contributed by atoms with E-state index in [2.05, 4.69) is 38.8 Å². The van der Waals surface area contributed by atoms with E-state index in [-0.39, 0.29) is 25.2 Å². The van der Waals surface area contributed by atoms with Gasteiger partial charge in [0.15, 0.2) is 5.75 Å². The number of rotatable bonds is 34. The first-order valence-corrected chi connectivity index (χ1v) is 27.1. The number of ether oxygens (including phenoxy) is 7. The van der Waals surface area contributed by atoms with Crippen LogP contribution in [0.1, 0.15) is 127 Å². The highest BCUT2D eigenvalue weighted by molar-refractivity contribution is 5.91. The van der Waals surface area contributed by atoms with Crippen molar-refractivity contribution in [2.24, 2.45) is 5.92 Å². The Bertz CT molecular complexity index is 2600. The van der Waals surface area contributed by atoms with Crippen molar-refractivity contribution in [1.82, 2.24) is 0 Å². The SMILES string of the molecule is C=CC(=O)OCCCCCCOc1ccc(C(=O)Oc2ccc(C3CCC(CCC)CC3)cc2)cc1.C=CCOOCCCOc1ccc(COOc2ccc(OC(=O)c3ccc(OCCCOC(=O)C=C)cc3)cc2C)cc1. The summed E-state index contributed by atoms with van der Waals surface area (Å²) in [6.45, 7) is 17.5. The van der Waals surface area contributed by atoms with Crippen molar-refractivity contribution in [1.29, 1.82) is 0 Å². The fourth-order valence-corrected chi connectivity index (χ4v) is 8.25. The number of hydrogen-bond acceptors (Lipinski definition) is 15. The lowest BCUT2D eigenvalue weighted by Crippen LogP contribution is -2.13. The highest BCUT2D eigenvalue weighted by Crippen LogP contribution is 2.38. The first-order chi connectivity index (χ1) is 38.6. The maximum atomic E-state index is 12.6. The van der Waals surface area contributed by atoms with Gasteiger partial charge in [0, 0.05) is 25.0 Å². The van der Waals surface area contributed by atoms with Gasteiger partial charge in [0.1, 0.15) is 42.0 Å². The summed E-state index contributed by atoms with van der Waals surface area (Å²) >= 11 is 0. The summed E-state index contributed by atoms with van der Waals surface area (Å²) in [5, 5.41) is 0. The van der Waals surface area contributed by atoms with Crippen LogP contribution in [0.15, 0.2) is 153 Å². The predicted molar refractivity (Wildman–Crippen MR) is 300 cm³/mol. The highest BCUT2D eigenvalue weighted by atomic mass is 17.2. The standard InChI is InChI=1S/C33H36O10.C31H40O5/c1-4-18-39-40-22-7-20-37-28-12-8-26(9-13-28)24-41-43-31-17-16-30(23-25(31)3)42-33(35)27-10-14-29(15-11-27)36-19-6-21-38-32(34)5-2;1-3-9-24-10-12-25(13-11-24)26-14-20-29(21-15-26)36-31(33)27-16-18-28(19-17-27)34-22-7-5-6-8-23-35-30(32)4-2/h4-5,8-17,23H,1-2,6-7,18-22,24H2,3H3;4,14-21,24-25H,2-3,5-13,22-23H2,1H3. The second-order valence-corrected chi connectivity index (χ2v) is 18.6. The molecule has 15 nitrogen and oxygen atoms in total. The van der Waals surface area contributed by atoms with E-state index in [1.54, 1.807) is 72.8 Å². The summed E-state index contributed by atoms with van der Waals surface area (Å²) in [4.78, 5) is 67.8. The number of esters is 4. The maximum absolute atomic E-state index is 12.6. The van der Waals surface area contributed by atoms with E-state index in [1.807, 2.05) is 43.3 Å². The fourth-order valence-electron chi connectivity index (χ4n) is 8.25. The van der Waals surface area contributed by atoms with Crippen molar-refractivity contribution >= 4 is 23.9 Å². The van der Waals surface area contributed by atoms with Crippen LogP contribution in [-0.4, -0.2) is 70.1 Å². The normalized spacial score (nSPS) is 13.5. The molecular weight excluding hydrogens is 1010 g/mol. The first-order valence-electron chi connectivity index (χ1n) is 27.1. The Kier molecular flexibility index (Phi) is 28.6. The van der Waals surface area contributed by atoms with E-state index in [9.17, 15) is 19.2 Å².